The fourth-order valence-corrected chi connectivity index (χ4v) is 4.29. The van der Waals surface area contributed by atoms with Gasteiger partial charge >= 0.3 is 0 Å². The molecule has 0 spiro atoms. The number of methoxy groups -OCH3 is 1. The molecule has 5 rings (SSSR count). The fraction of sp³-hybridized carbons (Fsp3) is 0.130. The molecule has 0 aliphatic carbocycles. The van der Waals surface area contributed by atoms with E-state index in [9.17, 15) is 0 Å². The molecule has 1 aliphatic heterocycles. The summed E-state index contributed by atoms with van der Waals surface area (Å²) in [5, 5.41) is 9.84. The Hall–Kier alpha value is -3.38. The summed E-state index contributed by atoms with van der Waals surface area (Å²) in [7, 11) is 1.67. The van der Waals surface area contributed by atoms with Crippen LogP contribution in [0.2, 0.25) is 0 Å². The molecule has 29 heavy (non-hydrogen) atoms. The monoisotopic (exact) mass is 401 g/mol. The van der Waals surface area contributed by atoms with E-state index in [2.05, 4.69) is 17.5 Å². The number of furan rings is 1. The third-order valence-electron chi connectivity index (χ3n) is 4.96. The van der Waals surface area contributed by atoms with Gasteiger partial charge in [-0.05, 0) is 42.0 Å². The zero-order chi connectivity index (χ0) is 19.6. The second-order valence-electron chi connectivity index (χ2n) is 6.74. The van der Waals surface area contributed by atoms with Crippen molar-refractivity contribution in [3.05, 3.63) is 89.7 Å². The lowest BCUT2D eigenvalue weighted by Gasteiger charge is -2.18. The van der Waals surface area contributed by atoms with Gasteiger partial charge in [-0.3, -0.25) is 0 Å². The average molecular weight is 401 g/mol. The van der Waals surface area contributed by atoms with Crippen LogP contribution in [-0.4, -0.2) is 17.8 Å². The van der Waals surface area contributed by atoms with Crippen LogP contribution in [0.3, 0.4) is 0 Å². The average Bonchev–Trinajstić information content (AvgIpc) is 3.54. The van der Waals surface area contributed by atoms with Crippen molar-refractivity contribution in [2.75, 3.05) is 12.1 Å². The number of hydrogen-bond donors (Lipinski definition) is 0. The van der Waals surface area contributed by atoms with Gasteiger partial charge in [-0.1, -0.05) is 30.3 Å². The summed E-state index contributed by atoms with van der Waals surface area (Å²) in [6.07, 6.45) is 2.45. The van der Waals surface area contributed by atoms with E-state index in [1.54, 1.807) is 24.7 Å². The number of hydrazone groups is 1. The smallest absolute Gasteiger partial charge is 0.207 e. The molecule has 0 saturated heterocycles. The number of nitrogens with zero attached hydrogens (tertiary/aromatic N) is 3. The van der Waals surface area contributed by atoms with Gasteiger partial charge in [-0.2, -0.15) is 5.10 Å². The molecule has 2 aromatic heterocycles. The topological polar surface area (TPSA) is 50.9 Å². The highest BCUT2D eigenvalue weighted by atomic mass is 32.1. The Labute approximate surface area is 172 Å². The molecule has 0 radical (unpaired) electrons. The van der Waals surface area contributed by atoms with Gasteiger partial charge in [0.1, 0.15) is 17.6 Å². The molecule has 6 heteroatoms. The van der Waals surface area contributed by atoms with Gasteiger partial charge in [0.25, 0.3) is 0 Å². The Bertz CT molecular complexity index is 1120. The Morgan fingerprint density at radius 3 is 2.55 bits per heavy atom. The van der Waals surface area contributed by atoms with Gasteiger partial charge in [0.2, 0.25) is 5.13 Å². The first kappa shape index (κ1) is 17.7. The summed E-state index contributed by atoms with van der Waals surface area (Å²) in [4.78, 5) is 4.85. The molecule has 4 aromatic rings. The molecule has 1 unspecified atom stereocenters. The summed E-state index contributed by atoms with van der Waals surface area (Å²) in [5.41, 5.74) is 4.13. The number of thiazole rings is 1. The van der Waals surface area contributed by atoms with E-state index in [1.165, 1.54) is 0 Å². The predicted molar refractivity (Wildman–Crippen MR) is 116 cm³/mol. The number of rotatable bonds is 5. The van der Waals surface area contributed by atoms with Crippen molar-refractivity contribution in [2.45, 2.75) is 12.5 Å². The SMILES string of the molecule is COc1ccc(C2=NN(c3nc(-c4ccccc4)cs3)C(c3ccco3)C2)cc1. The Kier molecular flexibility index (Phi) is 4.62. The van der Waals surface area contributed by atoms with Crippen molar-refractivity contribution in [3.63, 3.8) is 0 Å². The maximum absolute atomic E-state index is 5.72. The van der Waals surface area contributed by atoms with E-state index in [-0.39, 0.29) is 6.04 Å². The van der Waals surface area contributed by atoms with Gasteiger partial charge in [0.15, 0.2) is 0 Å². The Morgan fingerprint density at radius 2 is 1.83 bits per heavy atom. The second kappa shape index (κ2) is 7.56. The minimum atomic E-state index is -0.0168. The number of benzene rings is 2. The zero-order valence-electron chi connectivity index (χ0n) is 15.9. The highest BCUT2D eigenvalue weighted by molar-refractivity contribution is 7.14. The van der Waals surface area contributed by atoms with Crippen molar-refractivity contribution < 1.29 is 9.15 Å². The van der Waals surface area contributed by atoms with Gasteiger partial charge < -0.3 is 9.15 Å². The van der Waals surface area contributed by atoms with E-state index in [4.69, 9.17) is 19.2 Å². The van der Waals surface area contributed by atoms with E-state index < -0.39 is 0 Å². The third kappa shape index (κ3) is 3.43. The second-order valence-corrected chi connectivity index (χ2v) is 7.57. The van der Waals surface area contributed by atoms with Crippen LogP contribution >= 0.6 is 11.3 Å². The summed E-state index contributed by atoms with van der Waals surface area (Å²) in [6, 6.07) is 22.1. The Balaban J connectivity index is 1.51. The van der Waals surface area contributed by atoms with Gasteiger partial charge in [-0.15, -0.1) is 11.3 Å². The van der Waals surface area contributed by atoms with Crippen molar-refractivity contribution in [2.24, 2.45) is 5.10 Å². The van der Waals surface area contributed by atoms with Crippen LogP contribution in [0, 0.1) is 0 Å². The molecular formula is C23H19N3O2S. The van der Waals surface area contributed by atoms with Crippen LogP contribution in [0.15, 0.2) is 87.9 Å². The van der Waals surface area contributed by atoms with E-state index in [0.29, 0.717) is 0 Å². The minimum Gasteiger partial charge on any atom is -0.497 e. The van der Waals surface area contributed by atoms with Gasteiger partial charge in [0.05, 0.1) is 24.8 Å². The van der Waals surface area contributed by atoms with E-state index in [0.717, 1.165) is 45.6 Å². The van der Waals surface area contributed by atoms with Crippen LogP contribution in [0.1, 0.15) is 23.8 Å². The normalized spacial score (nSPS) is 16.1. The lowest BCUT2D eigenvalue weighted by Crippen LogP contribution is -2.17. The largest absolute Gasteiger partial charge is 0.497 e. The lowest BCUT2D eigenvalue weighted by atomic mass is 10.0. The predicted octanol–water partition coefficient (Wildman–Crippen LogP) is 5.77. The molecular weight excluding hydrogens is 382 g/mol. The minimum absolute atomic E-state index is 0.0168. The molecule has 0 saturated carbocycles. The quantitative estimate of drug-likeness (QED) is 0.426. The van der Waals surface area contributed by atoms with Crippen LogP contribution < -0.4 is 9.75 Å². The van der Waals surface area contributed by atoms with Crippen LogP contribution in [0.25, 0.3) is 11.3 Å². The summed E-state index contributed by atoms with van der Waals surface area (Å²) in [6.45, 7) is 0. The molecule has 0 bridgehead atoms. The first-order valence-electron chi connectivity index (χ1n) is 9.37. The summed E-state index contributed by atoms with van der Waals surface area (Å²) < 4.78 is 11.0. The number of aromatic nitrogens is 1. The van der Waals surface area contributed by atoms with Crippen molar-refractivity contribution >= 4 is 22.2 Å². The van der Waals surface area contributed by atoms with E-state index in [1.807, 2.05) is 59.6 Å². The zero-order valence-corrected chi connectivity index (χ0v) is 16.7. The molecule has 0 N–H and O–H groups in total. The number of anilines is 1. The Morgan fingerprint density at radius 1 is 1.00 bits per heavy atom. The molecule has 1 atom stereocenters. The lowest BCUT2D eigenvalue weighted by molar-refractivity contribution is 0.415. The fourth-order valence-electron chi connectivity index (χ4n) is 3.46. The summed E-state index contributed by atoms with van der Waals surface area (Å²) in [5.74, 6) is 1.72. The first-order valence-corrected chi connectivity index (χ1v) is 10.3. The third-order valence-corrected chi connectivity index (χ3v) is 5.79. The van der Waals surface area contributed by atoms with Crippen molar-refractivity contribution in [1.82, 2.24) is 4.98 Å². The number of hydrogen-bond acceptors (Lipinski definition) is 6. The van der Waals surface area contributed by atoms with Crippen LogP contribution in [0.5, 0.6) is 5.75 Å². The molecule has 0 fully saturated rings. The molecule has 0 amide bonds. The van der Waals surface area contributed by atoms with Crippen molar-refractivity contribution in [3.8, 4) is 17.0 Å². The highest BCUT2D eigenvalue weighted by Crippen LogP contribution is 2.39. The number of ether oxygens (including phenoxy) is 1. The standard InChI is InChI=1S/C23H19N3O2S/c1-27-18-11-9-17(10-12-18)19-14-21(22-8-5-13-28-22)26(25-19)23-24-20(15-29-23)16-6-3-2-4-7-16/h2-13,15,21H,14H2,1H3. The van der Waals surface area contributed by atoms with Crippen molar-refractivity contribution in [1.29, 1.82) is 0 Å². The maximum Gasteiger partial charge on any atom is 0.207 e. The summed E-state index contributed by atoms with van der Waals surface area (Å²) >= 11 is 1.59. The van der Waals surface area contributed by atoms with E-state index >= 15 is 0 Å². The first-order chi connectivity index (χ1) is 14.3. The molecule has 2 aromatic carbocycles. The van der Waals surface area contributed by atoms with Crippen LogP contribution in [0.4, 0.5) is 5.13 Å². The molecule has 5 nitrogen and oxygen atoms in total. The van der Waals surface area contributed by atoms with Crippen LogP contribution in [-0.2, 0) is 0 Å². The van der Waals surface area contributed by atoms with Gasteiger partial charge in [0, 0.05) is 17.4 Å². The highest BCUT2D eigenvalue weighted by Gasteiger charge is 2.33. The molecule has 1 aliphatic rings. The maximum atomic E-state index is 5.72. The molecule has 144 valence electrons. The molecule has 3 heterocycles. The van der Waals surface area contributed by atoms with Gasteiger partial charge in [-0.25, -0.2) is 9.99 Å².